The number of piperidine rings is 1. The first-order valence-electron chi connectivity index (χ1n) is 3.82. The molecule has 2 unspecified atom stereocenters. The maximum absolute atomic E-state index is 10.6. The van der Waals surface area contributed by atoms with Crippen LogP contribution in [0.4, 0.5) is 0 Å². The molecule has 0 aromatic heterocycles. The third-order valence-corrected chi connectivity index (χ3v) is 2.04. The molecule has 0 radical (unpaired) electrons. The van der Waals surface area contributed by atoms with Crippen LogP contribution < -0.4 is 5.32 Å². The zero-order valence-electron chi connectivity index (χ0n) is 6.49. The molecule has 1 aliphatic rings. The van der Waals surface area contributed by atoms with Crippen LogP contribution in [0.25, 0.3) is 0 Å². The van der Waals surface area contributed by atoms with Gasteiger partial charge in [0.25, 0.3) is 0 Å². The van der Waals surface area contributed by atoms with Crippen molar-refractivity contribution in [3.63, 3.8) is 0 Å². The zero-order chi connectivity index (χ0) is 9.14. The molecule has 0 saturated carbocycles. The topological polar surface area (TPSA) is 86.6 Å². The predicted octanol–water partition coefficient (Wildman–Crippen LogP) is -1.66. The van der Waals surface area contributed by atoms with E-state index in [0.717, 1.165) is 6.42 Å². The van der Waals surface area contributed by atoms with E-state index < -0.39 is 23.9 Å². The fraction of sp³-hybridized carbons (Fsp3) is 0.714. The van der Waals surface area contributed by atoms with E-state index in [1.165, 1.54) is 0 Å². The molecular formula is C7H14GaNO4. The number of nitrogens with one attached hydrogen (secondary N) is 1. The summed E-state index contributed by atoms with van der Waals surface area (Å²) in [7, 11) is 0. The van der Waals surface area contributed by atoms with E-state index in [-0.39, 0.29) is 19.8 Å². The van der Waals surface area contributed by atoms with E-state index in [2.05, 4.69) is 5.32 Å². The van der Waals surface area contributed by atoms with E-state index in [1.54, 1.807) is 0 Å². The fourth-order valence-electron chi connectivity index (χ4n) is 1.41. The minimum atomic E-state index is -1.08. The minimum absolute atomic E-state index is 0. The van der Waals surface area contributed by atoms with E-state index in [4.69, 9.17) is 10.2 Å². The first-order chi connectivity index (χ1) is 5.63. The Bertz CT molecular complexity index is 187. The molecule has 2 atom stereocenters. The van der Waals surface area contributed by atoms with Gasteiger partial charge in [-0.25, -0.2) is 0 Å². The van der Waals surface area contributed by atoms with Gasteiger partial charge in [-0.2, -0.15) is 0 Å². The Balaban J connectivity index is 0.00000144. The second-order valence-corrected chi connectivity index (χ2v) is 2.86. The summed E-state index contributed by atoms with van der Waals surface area (Å²) < 4.78 is 0. The van der Waals surface area contributed by atoms with Crippen LogP contribution in [0.1, 0.15) is 12.8 Å². The standard InChI is InChI=1S/C7H11NO4.Ga.3H/c9-6(10)4-2-1-3-8-5(4)7(11)12;;;;/h4-5,8H,1-3H2,(H,9,10)(H,11,12);;;;. The monoisotopic (exact) mass is 245 g/mol. The first-order valence-corrected chi connectivity index (χ1v) is 3.82. The molecule has 0 bridgehead atoms. The second kappa shape index (κ2) is 5.31. The van der Waals surface area contributed by atoms with Crippen LogP contribution in [0.2, 0.25) is 0 Å². The van der Waals surface area contributed by atoms with Crippen LogP contribution in [-0.4, -0.2) is 54.5 Å². The van der Waals surface area contributed by atoms with Gasteiger partial charge in [-0.05, 0) is 19.4 Å². The van der Waals surface area contributed by atoms with Crippen molar-refractivity contribution in [2.75, 3.05) is 6.54 Å². The number of carboxylic acids is 2. The summed E-state index contributed by atoms with van der Waals surface area (Å²) in [5.41, 5.74) is 0. The molecule has 0 aliphatic carbocycles. The summed E-state index contributed by atoms with van der Waals surface area (Å²) in [4.78, 5) is 21.1. The normalized spacial score (nSPS) is 27.4. The van der Waals surface area contributed by atoms with Gasteiger partial charge in [0.1, 0.15) is 6.04 Å². The quantitative estimate of drug-likeness (QED) is 0.507. The number of carboxylic acid groups (broad SMARTS) is 2. The third-order valence-electron chi connectivity index (χ3n) is 2.04. The van der Waals surface area contributed by atoms with Crippen LogP contribution in [0.3, 0.4) is 0 Å². The Morgan fingerprint density at radius 2 is 1.85 bits per heavy atom. The molecule has 0 spiro atoms. The van der Waals surface area contributed by atoms with Crippen LogP contribution in [0.15, 0.2) is 0 Å². The molecule has 74 valence electrons. The average Bonchev–Trinajstić information content (AvgIpc) is 2.04. The SMILES string of the molecule is O=C(O)C1CCCNC1C(=O)O.[GaH3]. The van der Waals surface area contributed by atoms with Gasteiger partial charge in [-0.1, -0.05) is 0 Å². The molecule has 6 heteroatoms. The van der Waals surface area contributed by atoms with Gasteiger partial charge in [-0.15, -0.1) is 0 Å². The summed E-state index contributed by atoms with van der Waals surface area (Å²) in [6.45, 7) is 0.584. The molecule has 0 amide bonds. The van der Waals surface area contributed by atoms with Gasteiger partial charge >= 0.3 is 31.7 Å². The summed E-state index contributed by atoms with van der Waals surface area (Å²) in [5, 5.41) is 20.0. The average molecular weight is 246 g/mol. The van der Waals surface area contributed by atoms with E-state index in [1.807, 2.05) is 0 Å². The van der Waals surface area contributed by atoms with Gasteiger partial charge in [0.2, 0.25) is 0 Å². The molecule has 1 aliphatic heterocycles. The molecule has 1 fully saturated rings. The van der Waals surface area contributed by atoms with Crippen molar-refractivity contribution >= 4 is 31.7 Å². The molecule has 0 aromatic carbocycles. The zero-order valence-corrected chi connectivity index (χ0v) is 6.49. The van der Waals surface area contributed by atoms with Crippen LogP contribution in [0.5, 0.6) is 0 Å². The molecule has 1 saturated heterocycles. The summed E-state index contributed by atoms with van der Waals surface area (Å²) >= 11 is 0. The van der Waals surface area contributed by atoms with Gasteiger partial charge in [-0.3, -0.25) is 9.59 Å². The molecule has 3 N–H and O–H groups in total. The molecule has 13 heavy (non-hydrogen) atoms. The number of hydrogen-bond acceptors (Lipinski definition) is 3. The van der Waals surface area contributed by atoms with Crippen LogP contribution in [0, 0.1) is 5.92 Å². The van der Waals surface area contributed by atoms with Gasteiger partial charge in [0.15, 0.2) is 0 Å². The number of rotatable bonds is 2. The van der Waals surface area contributed by atoms with E-state index in [9.17, 15) is 9.59 Å². The van der Waals surface area contributed by atoms with Crippen LogP contribution in [-0.2, 0) is 9.59 Å². The predicted molar refractivity (Wildman–Crippen MR) is 49.7 cm³/mol. The van der Waals surface area contributed by atoms with Gasteiger partial charge in [0.05, 0.1) is 5.92 Å². The Kier molecular flexibility index (Phi) is 5.12. The van der Waals surface area contributed by atoms with Crippen molar-refractivity contribution in [3.8, 4) is 0 Å². The number of carbonyl (C=O) groups is 2. The van der Waals surface area contributed by atoms with E-state index >= 15 is 0 Å². The van der Waals surface area contributed by atoms with Gasteiger partial charge in [0, 0.05) is 0 Å². The fourth-order valence-corrected chi connectivity index (χ4v) is 1.41. The molecule has 5 nitrogen and oxygen atoms in total. The van der Waals surface area contributed by atoms with Crippen molar-refractivity contribution in [3.05, 3.63) is 0 Å². The molecular weight excluding hydrogens is 232 g/mol. The summed E-state index contributed by atoms with van der Waals surface area (Å²) in [5.74, 6) is -2.90. The van der Waals surface area contributed by atoms with Crippen molar-refractivity contribution in [2.24, 2.45) is 5.92 Å². The van der Waals surface area contributed by atoms with Crippen molar-refractivity contribution < 1.29 is 19.8 Å². The van der Waals surface area contributed by atoms with Crippen molar-refractivity contribution in [1.29, 1.82) is 0 Å². The summed E-state index contributed by atoms with van der Waals surface area (Å²) in [6.07, 6.45) is 1.17. The maximum atomic E-state index is 10.6. The first kappa shape index (κ1) is 12.5. The number of aliphatic carboxylic acids is 2. The Morgan fingerprint density at radius 3 is 2.23 bits per heavy atom. The second-order valence-electron chi connectivity index (χ2n) is 2.86. The van der Waals surface area contributed by atoms with Gasteiger partial charge < -0.3 is 15.5 Å². The van der Waals surface area contributed by atoms with Crippen LogP contribution >= 0.6 is 0 Å². The van der Waals surface area contributed by atoms with E-state index in [0.29, 0.717) is 13.0 Å². The van der Waals surface area contributed by atoms with Crippen molar-refractivity contribution in [2.45, 2.75) is 18.9 Å². The Morgan fingerprint density at radius 1 is 1.23 bits per heavy atom. The molecule has 1 heterocycles. The Labute approximate surface area is 88.6 Å². The molecule has 1 rings (SSSR count). The third kappa shape index (κ3) is 3.05. The van der Waals surface area contributed by atoms with Crippen molar-refractivity contribution in [1.82, 2.24) is 5.32 Å². The molecule has 0 aromatic rings. The summed E-state index contributed by atoms with van der Waals surface area (Å²) in [6, 6.07) is -0.920. The number of hydrogen-bond donors (Lipinski definition) is 3. The Hall–Kier alpha value is -0.464.